The van der Waals surface area contributed by atoms with Gasteiger partial charge in [0, 0.05) is 5.02 Å². The zero-order chi connectivity index (χ0) is 8.97. The largest absolute Gasteiger partial charge is 0.432 e. The molecule has 1 aromatic carbocycles. The van der Waals surface area contributed by atoms with Crippen LogP contribution in [0.3, 0.4) is 0 Å². The molecule has 0 fully saturated rings. The molecule has 0 aliphatic rings. The van der Waals surface area contributed by atoms with E-state index in [9.17, 15) is 4.79 Å². The topological polar surface area (TPSA) is 26.3 Å². The SMILES string of the molecule is C=COC(=O)c1ccc(Cl)cc1. The molecular weight excluding hydrogens is 176 g/mol. The van der Waals surface area contributed by atoms with Crippen molar-refractivity contribution in [2.45, 2.75) is 0 Å². The third-order valence-electron chi connectivity index (χ3n) is 1.27. The van der Waals surface area contributed by atoms with E-state index in [0.717, 1.165) is 6.26 Å². The third kappa shape index (κ3) is 2.10. The van der Waals surface area contributed by atoms with Crippen LogP contribution in [0.1, 0.15) is 10.4 Å². The summed E-state index contributed by atoms with van der Waals surface area (Å²) >= 11 is 5.62. The van der Waals surface area contributed by atoms with Gasteiger partial charge in [-0.1, -0.05) is 18.2 Å². The van der Waals surface area contributed by atoms with Crippen molar-refractivity contribution in [2.24, 2.45) is 0 Å². The Balaban J connectivity index is 2.82. The summed E-state index contributed by atoms with van der Waals surface area (Å²) in [7, 11) is 0. The quantitative estimate of drug-likeness (QED) is 0.519. The fraction of sp³-hybridized carbons (Fsp3) is 0. The minimum absolute atomic E-state index is 0.429. The maximum Gasteiger partial charge on any atom is 0.342 e. The molecule has 0 aliphatic carbocycles. The van der Waals surface area contributed by atoms with Crippen LogP contribution in [-0.2, 0) is 4.74 Å². The van der Waals surface area contributed by atoms with Gasteiger partial charge in [0.15, 0.2) is 0 Å². The monoisotopic (exact) mass is 182 g/mol. The molecule has 0 aliphatic heterocycles. The number of esters is 1. The number of benzene rings is 1. The summed E-state index contributed by atoms with van der Waals surface area (Å²) in [5.41, 5.74) is 0.458. The average Bonchev–Trinajstić information content (AvgIpc) is 2.06. The number of hydrogen-bond acceptors (Lipinski definition) is 2. The van der Waals surface area contributed by atoms with Crippen LogP contribution in [0.25, 0.3) is 0 Å². The van der Waals surface area contributed by atoms with Gasteiger partial charge in [0.1, 0.15) is 0 Å². The summed E-state index contributed by atoms with van der Waals surface area (Å²) in [5.74, 6) is -0.429. The Morgan fingerprint density at radius 2 is 2.00 bits per heavy atom. The van der Waals surface area contributed by atoms with Gasteiger partial charge in [-0.2, -0.15) is 0 Å². The lowest BCUT2D eigenvalue weighted by molar-refractivity contribution is 0.0664. The molecule has 2 nitrogen and oxygen atoms in total. The van der Waals surface area contributed by atoms with E-state index in [2.05, 4.69) is 11.3 Å². The molecule has 0 bridgehead atoms. The lowest BCUT2D eigenvalue weighted by Crippen LogP contribution is -1.99. The van der Waals surface area contributed by atoms with Crippen molar-refractivity contribution in [1.82, 2.24) is 0 Å². The van der Waals surface area contributed by atoms with Crippen molar-refractivity contribution in [3.05, 3.63) is 47.7 Å². The highest BCUT2D eigenvalue weighted by Crippen LogP contribution is 2.10. The Kier molecular flexibility index (Phi) is 2.88. The van der Waals surface area contributed by atoms with E-state index in [1.807, 2.05) is 0 Å². The van der Waals surface area contributed by atoms with E-state index in [4.69, 9.17) is 11.6 Å². The Bertz CT molecular complexity index is 290. The number of halogens is 1. The van der Waals surface area contributed by atoms with Crippen LogP contribution < -0.4 is 0 Å². The average molecular weight is 183 g/mol. The highest BCUT2D eigenvalue weighted by molar-refractivity contribution is 6.30. The standard InChI is InChI=1S/C9H7ClO2/c1-2-12-9(11)7-3-5-8(10)6-4-7/h2-6H,1H2. The molecule has 0 radical (unpaired) electrons. The molecule has 1 aromatic rings. The van der Waals surface area contributed by atoms with Crippen LogP contribution in [0.5, 0.6) is 0 Å². The number of hydrogen-bond donors (Lipinski definition) is 0. The first kappa shape index (κ1) is 8.81. The minimum Gasteiger partial charge on any atom is -0.432 e. The predicted octanol–water partition coefficient (Wildman–Crippen LogP) is 2.64. The summed E-state index contributed by atoms with van der Waals surface area (Å²) in [6.45, 7) is 3.27. The van der Waals surface area contributed by atoms with E-state index in [-0.39, 0.29) is 0 Å². The lowest BCUT2D eigenvalue weighted by atomic mass is 10.2. The van der Waals surface area contributed by atoms with Gasteiger partial charge in [-0.3, -0.25) is 0 Å². The van der Waals surface area contributed by atoms with E-state index < -0.39 is 5.97 Å². The van der Waals surface area contributed by atoms with E-state index in [1.165, 1.54) is 0 Å². The first-order valence-electron chi connectivity index (χ1n) is 3.31. The molecule has 0 atom stereocenters. The normalized spacial score (nSPS) is 9.08. The Morgan fingerprint density at radius 1 is 1.42 bits per heavy atom. The van der Waals surface area contributed by atoms with Crippen molar-refractivity contribution in [1.29, 1.82) is 0 Å². The highest BCUT2D eigenvalue weighted by Gasteiger charge is 2.03. The van der Waals surface area contributed by atoms with Crippen LogP contribution >= 0.6 is 11.6 Å². The lowest BCUT2D eigenvalue weighted by Gasteiger charge is -1.97. The first-order chi connectivity index (χ1) is 5.74. The fourth-order valence-corrected chi connectivity index (χ4v) is 0.856. The molecule has 0 N–H and O–H groups in total. The summed E-state index contributed by atoms with van der Waals surface area (Å²) in [6.07, 6.45) is 1.09. The van der Waals surface area contributed by atoms with E-state index in [1.54, 1.807) is 24.3 Å². The van der Waals surface area contributed by atoms with Crippen molar-refractivity contribution < 1.29 is 9.53 Å². The summed E-state index contributed by atoms with van der Waals surface area (Å²) < 4.78 is 4.55. The van der Waals surface area contributed by atoms with Gasteiger partial charge in [-0.05, 0) is 24.3 Å². The Hall–Kier alpha value is -1.28. The first-order valence-corrected chi connectivity index (χ1v) is 3.69. The van der Waals surface area contributed by atoms with Crippen molar-refractivity contribution >= 4 is 17.6 Å². The van der Waals surface area contributed by atoms with E-state index >= 15 is 0 Å². The van der Waals surface area contributed by atoms with Gasteiger partial charge in [0.25, 0.3) is 0 Å². The second kappa shape index (κ2) is 3.93. The smallest absolute Gasteiger partial charge is 0.342 e. The van der Waals surface area contributed by atoms with Gasteiger partial charge in [-0.25, -0.2) is 4.79 Å². The van der Waals surface area contributed by atoms with Crippen molar-refractivity contribution in [3.8, 4) is 0 Å². The molecular formula is C9H7ClO2. The van der Waals surface area contributed by atoms with Crippen molar-refractivity contribution in [2.75, 3.05) is 0 Å². The van der Waals surface area contributed by atoms with Crippen LogP contribution in [0.15, 0.2) is 37.1 Å². The van der Waals surface area contributed by atoms with Crippen LogP contribution in [-0.4, -0.2) is 5.97 Å². The zero-order valence-corrected chi connectivity index (χ0v) is 7.04. The molecule has 12 heavy (non-hydrogen) atoms. The van der Waals surface area contributed by atoms with Gasteiger partial charge in [0.2, 0.25) is 0 Å². The van der Waals surface area contributed by atoms with Gasteiger partial charge >= 0.3 is 5.97 Å². The molecule has 0 saturated heterocycles. The third-order valence-corrected chi connectivity index (χ3v) is 1.52. The van der Waals surface area contributed by atoms with Gasteiger partial charge < -0.3 is 4.74 Å². The summed E-state index contributed by atoms with van der Waals surface area (Å²) in [5, 5.41) is 0.588. The Labute approximate surface area is 75.4 Å². The molecule has 0 spiro atoms. The molecule has 0 saturated carbocycles. The molecule has 1 rings (SSSR count). The maximum atomic E-state index is 11.0. The minimum atomic E-state index is -0.429. The fourth-order valence-electron chi connectivity index (χ4n) is 0.730. The zero-order valence-electron chi connectivity index (χ0n) is 6.29. The number of rotatable bonds is 2. The molecule has 62 valence electrons. The molecule has 3 heteroatoms. The summed E-state index contributed by atoms with van der Waals surface area (Å²) in [6, 6.07) is 6.44. The van der Waals surface area contributed by atoms with Crippen molar-refractivity contribution in [3.63, 3.8) is 0 Å². The highest BCUT2D eigenvalue weighted by atomic mass is 35.5. The molecule has 0 heterocycles. The van der Waals surface area contributed by atoms with Crippen LogP contribution in [0, 0.1) is 0 Å². The summed E-state index contributed by atoms with van der Waals surface area (Å²) in [4.78, 5) is 11.0. The molecule has 0 aromatic heterocycles. The number of carbonyl (C=O) groups excluding carboxylic acids is 1. The second-order valence-electron chi connectivity index (χ2n) is 2.08. The number of ether oxygens (including phenoxy) is 1. The Morgan fingerprint density at radius 3 is 2.50 bits per heavy atom. The maximum absolute atomic E-state index is 11.0. The van der Waals surface area contributed by atoms with Crippen LogP contribution in [0.2, 0.25) is 5.02 Å². The number of carbonyl (C=O) groups is 1. The van der Waals surface area contributed by atoms with E-state index in [0.29, 0.717) is 10.6 Å². The second-order valence-corrected chi connectivity index (χ2v) is 2.52. The molecule has 0 unspecified atom stereocenters. The molecule has 0 amide bonds. The predicted molar refractivity (Wildman–Crippen MR) is 47.1 cm³/mol. The van der Waals surface area contributed by atoms with Gasteiger partial charge in [0.05, 0.1) is 11.8 Å². The van der Waals surface area contributed by atoms with Crippen LogP contribution in [0.4, 0.5) is 0 Å². The van der Waals surface area contributed by atoms with Gasteiger partial charge in [-0.15, -0.1) is 0 Å².